The van der Waals surface area contributed by atoms with E-state index in [1.54, 1.807) is 0 Å². The molecule has 7 heteroatoms. The van der Waals surface area contributed by atoms with Crippen LogP contribution in [0.2, 0.25) is 0 Å². The van der Waals surface area contributed by atoms with Gasteiger partial charge in [-0.3, -0.25) is 4.79 Å². The van der Waals surface area contributed by atoms with Gasteiger partial charge in [-0.2, -0.15) is 0 Å². The quantitative estimate of drug-likeness (QED) is 0.605. The summed E-state index contributed by atoms with van der Waals surface area (Å²) in [5.41, 5.74) is 4.40. The Balaban J connectivity index is 1.57. The van der Waals surface area contributed by atoms with Crippen molar-refractivity contribution in [2.45, 2.75) is 44.9 Å². The molecule has 0 fully saturated rings. The third-order valence-electron chi connectivity index (χ3n) is 6.79. The van der Waals surface area contributed by atoms with Gasteiger partial charge in [0.05, 0.1) is 25.2 Å². The molecule has 0 unspecified atom stereocenters. The van der Waals surface area contributed by atoms with E-state index in [1.807, 2.05) is 56.3 Å². The molecule has 35 heavy (non-hydrogen) atoms. The molecule has 0 saturated carbocycles. The molecule has 7 nitrogen and oxygen atoms in total. The summed E-state index contributed by atoms with van der Waals surface area (Å²) in [6, 6.07) is 13.5. The first-order valence-corrected chi connectivity index (χ1v) is 11.9. The van der Waals surface area contributed by atoms with Crippen LogP contribution in [0.3, 0.4) is 0 Å². The maximum absolute atomic E-state index is 13.7. The minimum atomic E-state index is -0.558. The zero-order valence-corrected chi connectivity index (χ0v) is 20.2. The van der Waals surface area contributed by atoms with E-state index >= 15 is 0 Å². The van der Waals surface area contributed by atoms with E-state index in [0.29, 0.717) is 47.8 Å². The summed E-state index contributed by atoms with van der Waals surface area (Å²) in [5, 5.41) is 3.37. The van der Waals surface area contributed by atoms with E-state index in [1.165, 1.54) is 7.11 Å². The third-order valence-corrected chi connectivity index (χ3v) is 6.79. The highest BCUT2D eigenvalue weighted by molar-refractivity contribution is 6.04. The molecule has 3 aliphatic rings. The van der Waals surface area contributed by atoms with E-state index in [9.17, 15) is 9.59 Å². The Morgan fingerprint density at radius 2 is 1.91 bits per heavy atom. The van der Waals surface area contributed by atoms with E-state index < -0.39 is 11.9 Å². The van der Waals surface area contributed by atoms with Gasteiger partial charge in [-0.25, -0.2) is 4.79 Å². The van der Waals surface area contributed by atoms with Gasteiger partial charge in [-0.05, 0) is 49.4 Å². The van der Waals surface area contributed by atoms with Crippen LogP contribution in [-0.4, -0.2) is 32.3 Å². The van der Waals surface area contributed by atoms with Crippen molar-refractivity contribution in [2.24, 2.45) is 0 Å². The Morgan fingerprint density at radius 1 is 1.11 bits per heavy atom. The first-order valence-electron chi connectivity index (χ1n) is 11.9. The highest BCUT2D eigenvalue weighted by atomic mass is 16.7. The second-order valence-electron chi connectivity index (χ2n) is 9.01. The zero-order valence-electron chi connectivity index (χ0n) is 20.2. The third kappa shape index (κ3) is 4.16. The van der Waals surface area contributed by atoms with Crippen LogP contribution < -0.4 is 19.5 Å². The van der Waals surface area contributed by atoms with Crippen molar-refractivity contribution in [3.8, 4) is 17.2 Å². The first kappa shape index (κ1) is 23.0. The van der Waals surface area contributed by atoms with E-state index in [2.05, 4.69) is 5.32 Å². The van der Waals surface area contributed by atoms with Gasteiger partial charge in [0.15, 0.2) is 17.3 Å². The zero-order chi connectivity index (χ0) is 24.5. The number of para-hydroxylation sites is 1. The van der Waals surface area contributed by atoms with Gasteiger partial charge in [0.2, 0.25) is 6.79 Å². The van der Waals surface area contributed by atoms with Crippen LogP contribution in [-0.2, 0) is 14.3 Å². The molecule has 0 spiro atoms. The Labute approximate surface area is 204 Å². The van der Waals surface area contributed by atoms with E-state index in [-0.39, 0.29) is 18.5 Å². The van der Waals surface area contributed by atoms with Crippen molar-refractivity contribution in [3.63, 3.8) is 0 Å². The lowest BCUT2D eigenvalue weighted by Gasteiger charge is -2.37. The minimum Gasteiger partial charge on any atom is -0.493 e. The van der Waals surface area contributed by atoms with Gasteiger partial charge in [-0.1, -0.05) is 31.2 Å². The summed E-state index contributed by atoms with van der Waals surface area (Å²) in [6.45, 7) is 4.65. The molecule has 0 saturated heterocycles. The standard InChI is InChI=1S/C28H29NO6/c1-4-11-33-22-8-6-5-7-19(22)26-25(28(31)32-3)16(2)29-20-12-18(13-21(30)27(20)26)17-9-10-23-24(14-17)35-15-34-23/h5-10,14,18,26,29H,4,11-13,15H2,1-3H3/t18-,26-/m1/s1. The van der Waals surface area contributed by atoms with Gasteiger partial charge >= 0.3 is 5.97 Å². The smallest absolute Gasteiger partial charge is 0.336 e. The number of fused-ring (bicyclic) bond motifs is 1. The highest BCUT2D eigenvalue weighted by Gasteiger charge is 2.42. The fourth-order valence-corrected chi connectivity index (χ4v) is 5.20. The fourth-order valence-electron chi connectivity index (χ4n) is 5.20. The number of hydrogen-bond donors (Lipinski definition) is 1. The van der Waals surface area contributed by atoms with Crippen LogP contribution in [0, 0.1) is 0 Å². The summed E-state index contributed by atoms with van der Waals surface area (Å²) >= 11 is 0. The number of dihydropyridines is 1. The molecule has 2 aromatic carbocycles. The lowest BCUT2D eigenvalue weighted by Crippen LogP contribution is -2.36. The lowest BCUT2D eigenvalue weighted by atomic mass is 9.71. The highest BCUT2D eigenvalue weighted by Crippen LogP contribution is 2.48. The van der Waals surface area contributed by atoms with Crippen molar-refractivity contribution in [3.05, 3.63) is 76.1 Å². The van der Waals surface area contributed by atoms with Crippen molar-refractivity contribution >= 4 is 11.8 Å². The van der Waals surface area contributed by atoms with E-state index in [0.717, 1.165) is 29.0 Å². The fraction of sp³-hybridized carbons (Fsp3) is 0.357. The Hall–Kier alpha value is -3.74. The van der Waals surface area contributed by atoms with Crippen LogP contribution in [0.5, 0.6) is 17.2 Å². The van der Waals surface area contributed by atoms with Crippen molar-refractivity contribution in [1.29, 1.82) is 0 Å². The van der Waals surface area contributed by atoms with Gasteiger partial charge in [0.25, 0.3) is 0 Å². The van der Waals surface area contributed by atoms with Crippen LogP contribution in [0.25, 0.3) is 0 Å². The number of carbonyl (C=O) groups excluding carboxylic acids is 2. The Kier molecular flexibility index (Phi) is 6.24. The van der Waals surface area contributed by atoms with Crippen LogP contribution in [0.1, 0.15) is 56.1 Å². The summed E-state index contributed by atoms with van der Waals surface area (Å²) in [5.74, 6) is 1.08. The molecular formula is C28H29NO6. The number of carbonyl (C=O) groups is 2. The number of hydrogen-bond acceptors (Lipinski definition) is 7. The van der Waals surface area contributed by atoms with Crippen LogP contribution in [0.15, 0.2) is 65.0 Å². The average molecular weight is 476 g/mol. The average Bonchev–Trinajstić information content (AvgIpc) is 3.34. The number of allylic oxidation sites excluding steroid dienone is 3. The Bertz CT molecular complexity index is 1240. The van der Waals surface area contributed by atoms with Crippen molar-refractivity contribution < 1.29 is 28.5 Å². The molecule has 1 N–H and O–H groups in total. The molecule has 0 amide bonds. The molecule has 2 aromatic rings. The molecule has 1 aliphatic carbocycles. The van der Waals surface area contributed by atoms with E-state index in [4.69, 9.17) is 18.9 Å². The molecule has 5 rings (SSSR count). The molecule has 2 aliphatic heterocycles. The molecule has 182 valence electrons. The molecule has 2 atom stereocenters. The number of methoxy groups -OCH3 is 1. The Morgan fingerprint density at radius 3 is 2.71 bits per heavy atom. The predicted molar refractivity (Wildman–Crippen MR) is 129 cm³/mol. The second-order valence-corrected chi connectivity index (χ2v) is 9.01. The maximum atomic E-state index is 13.7. The summed E-state index contributed by atoms with van der Waals surface area (Å²) in [4.78, 5) is 26.7. The lowest BCUT2D eigenvalue weighted by molar-refractivity contribution is -0.136. The van der Waals surface area contributed by atoms with Crippen molar-refractivity contribution in [2.75, 3.05) is 20.5 Å². The van der Waals surface area contributed by atoms with Gasteiger partial charge in [0, 0.05) is 29.0 Å². The monoisotopic (exact) mass is 475 g/mol. The number of benzene rings is 2. The summed E-state index contributed by atoms with van der Waals surface area (Å²) < 4.78 is 22.2. The summed E-state index contributed by atoms with van der Waals surface area (Å²) in [7, 11) is 1.36. The first-order chi connectivity index (χ1) is 17.0. The molecule has 0 bridgehead atoms. The van der Waals surface area contributed by atoms with Crippen LogP contribution in [0.4, 0.5) is 0 Å². The number of Topliss-reactive ketones (excluding diaryl/α,β-unsaturated/α-hetero) is 1. The molecule has 2 heterocycles. The summed E-state index contributed by atoms with van der Waals surface area (Å²) in [6.07, 6.45) is 1.83. The number of ketones is 1. The normalized spacial score (nSPS) is 20.9. The van der Waals surface area contributed by atoms with Gasteiger partial charge < -0.3 is 24.3 Å². The molecule has 0 radical (unpaired) electrons. The number of esters is 1. The molecular weight excluding hydrogens is 446 g/mol. The molecule has 0 aromatic heterocycles. The SMILES string of the molecule is CCCOc1ccccc1[C@@H]1C(C(=O)OC)=C(C)NC2=C1C(=O)C[C@H](c1ccc3c(c1)OCO3)C2. The van der Waals surface area contributed by atoms with Gasteiger partial charge in [-0.15, -0.1) is 0 Å². The number of ether oxygens (including phenoxy) is 4. The number of nitrogens with one attached hydrogen (secondary N) is 1. The largest absolute Gasteiger partial charge is 0.493 e. The van der Waals surface area contributed by atoms with Crippen molar-refractivity contribution in [1.82, 2.24) is 5.32 Å². The van der Waals surface area contributed by atoms with Crippen LogP contribution >= 0.6 is 0 Å². The topological polar surface area (TPSA) is 83.1 Å². The minimum absolute atomic E-state index is 0.00520. The maximum Gasteiger partial charge on any atom is 0.336 e. The van der Waals surface area contributed by atoms with Gasteiger partial charge in [0.1, 0.15) is 5.75 Å². The predicted octanol–water partition coefficient (Wildman–Crippen LogP) is 4.74. The second kappa shape index (κ2) is 9.49. The number of rotatable bonds is 6.